The van der Waals surface area contributed by atoms with Crippen molar-refractivity contribution in [2.24, 2.45) is 5.73 Å². The van der Waals surface area contributed by atoms with Crippen LogP contribution in [0.3, 0.4) is 0 Å². The lowest BCUT2D eigenvalue weighted by molar-refractivity contribution is 0.610. The third-order valence-corrected chi connectivity index (χ3v) is 4.36. The van der Waals surface area contributed by atoms with Crippen molar-refractivity contribution in [3.05, 3.63) is 35.5 Å². The quantitative estimate of drug-likeness (QED) is 0.935. The van der Waals surface area contributed by atoms with Crippen molar-refractivity contribution in [2.45, 2.75) is 31.7 Å². The van der Waals surface area contributed by atoms with Crippen molar-refractivity contribution >= 4 is 28.2 Å². The van der Waals surface area contributed by atoms with Gasteiger partial charge in [0, 0.05) is 41.4 Å². The molecular weight excluding hydrogens is 270 g/mol. The highest BCUT2D eigenvalue weighted by Gasteiger charge is 2.23. The van der Waals surface area contributed by atoms with Crippen molar-refractivity contribution in [3.8, 4) is 0 Å². The Balaban J connectivity index is 2.05. The van der Waals surface area contributed by atoms with E-state index >= 15 is 0 Å². The number of fused-ring (bicyclic) bond motifs is 1. The average molecular weight is 290 g/mol. The first-order valence-corrected chi connectivity index (χ1v) is 7.68. The Morgan fingerprint density at radius 2 is 2.05 bits per heavy atom. The molecule has 4 heteroatoms. The molecule has 0 spiro atoms. The van der Waals surface area contributed by atoms with Crippen LogP contribution in [-0.2, 0) is 0 Å². The van der Waals surface area contributed by atoms with Gasteiger partial charge in [0.05, 0.1) is 5.52 Å². The predicted octanol–water partition coefficient (Wildman–Crippen LogP) is 3.60. The summed E-state index contributed by atoms with van der Waals surface area (Å²) in [7, 11) is 0. The van der Waals surface area contributed by atoms with E-state index in [4.69, 9.17) is 17.3 Å². The number of pyridine rings is 1. The van der Waals surface area contributed by atoms with Crippen LogP contribution >= 0.6 is 11.6 Å². The van der Waals surface area contributed by atoms with Gasteiger partial charge in [-0.2, -0.15) is 0 Å². The number of halogens is 1. The van der Waals surface area contributed by atoms with Gasteiger partial charge in [0.15, 0.2) is 0 Å². The highest BCUT2D eigenvalue weighted by atomic mass is 35.5. The first-order chi connectivity index (χ1) is 9.79. The van der Waals surface area contributed by atoms with Crippen LogP contribution in [-0.4, -0.2) is 24.1 Å². The number of rotatable bonds is 4. The maximum atomic E-state index is 6.07. The third-order valence-electron chi connectivity index (χ3n) is 4.13. The SMILES string of the molecule is NCCN(c1ccnc2cc(Cl)ccc12)C1CCCC1. The van der Waals surface area contributed by atoms with E-state index in [0.717, 1.165) is 22.5 Å². The summed E-state index contributed by atoms with van der Waals surface area (Å²) in [6.45, 7) is 1.57. The first kappa shape index (κ1) is 13.7. The lowest BCUT2D eigenvalue weighted by atomic mass is 10.1. The number of benzene rings is 1. The van der Waals surface area contributed by atoms with E-state index < -0.39 is 0 Å². The van der Waals surface area contributed by atoms with Crippen molar-refractivity contribution in [1.29, 1.82) is 0 Å². The minimum Gasteiger partial charge on any atom is -0.367 e. The van der Waals surface area contributed by atoms with Gasteiger partial charge in [-0.3, -0.25) is 4.98 Å². The molecule has 1 aromatic carbocycles. The Kier molecular flexibility index (Phi) is 4.08. The average Bonchev–Trinajstić information content (AvgIpc) is 2.98. The smallest absolute Gasteiger partial charge is 0.0737 e. The van der Waals surface area contributed by atoms with Gasteiger partial charge in [-0.1, -0.05) is 24.4 Å². The second kappa shape index (κ2) is 5.98. The minimum absolute atomic E-state index is 0.611. The number of nitrogens with two attached hydrogens (primary N) is 1. The summed E-state index contributed by atoms with van der Waals surface area (Å²) in [5.74, 6) is 0. The van der Waals surface area contributed by atoms with E-state index in [0.29, 0.717) is 12.6 Å². The van der Waals surface area contributed by atoms with Crippen LogP contribution in [0.25, 0.3) is 10.9 Å². The molecule has 2 aromatic rings. The van der Waals surface area contributed by atoms with E-state index in [2.05, 4.69) is 22.0 Å². The van der Waals surface area contributed by atoms with Crippen LogP contribution < -0.4 is 10.6 Å². The zero-order valence-corrected chi connectivity index (χ0v) is 12.3. The van der Waals surface area contributed by atoms with Gasteiger partial charge >= 0.3 is 0 Å². The summed E-state index contributed by atoms with van der Waals surface area (Å²) >= 11 is 6.07. The summed E-state index contributed by atoms with van der Waals surface area (Å²) in [6.07, 6.45) is 7.03. The Hall–Kier alpha value is -1.32. The van der Waals surface area contributed by atoms with Crippen molar-refractivity contribution in [2.75, 3.05) is 18.0 Å². The molecule has 1 fully saturated rings. The highest BCUT2D eigenvalue weighted by molar-refractivity contribution is 6.31. The molecule has 0 saturated heterocycles. The second-order valence-electron chi connectivity index (χ2n) is 5.41. The molecule has 0 amide bonds. The number of anilines is 1. The summed E-state index contributed by atoms with van der Waals surface area (Å²) in [5.41, 5.74) is 8.02. The molecule has 0 aliphatic heterocycles. The Labute approximate surface area is 124 Å². The van der Waals surface area contributed by atoms with Crippen LogP contribution in [0.5, 0.6) is 0 Å². The standard InChI is InChI=1S/C16H20ClN3/c17-12-5-6-14-15(11-12)19-9-7-16(14)20(10-8-18)13-3-1-2-4-13/h5-7,9,11,13H,1-4,8,10,18H2. The van der Waals surface area contributed by atoms with E-state index in [1.54, 1.807) is 0 Å². The summed E-state index contributed by atoms with van der Waals surface area (Å²) in [6, 6.07) is 8.64. The van der Waals surface area contributed by atoms with Gasteiger partial charge in [0.25, 0.3) is 0 Å². The molecule has 3 nitrogen and oxygen atoms in total. The van der Waals surface area contributed by atoms with Crippen molar-refractivity contribution in [3.63, 3.8) is 0 Å². The lowest BCUT2D eigenvalue weighted by Gasteiger charge is -2.31. The monoisotopic (exact) mass is 289 g/mol. The molecule has 1 aromatic heterocycles. The maximum Gasteiger partial charge on any atom is 0.0737 e. The van der Waals surface area contributed by atoms with Gasteiger partial charge in [0.1, 0.15) is 0 Å². The van der Waals surface area contributed by atoms with Crippen molar-refractivity contribution < 1.29 is 0 Å². The van der Waals surface area contributed by atoms with E-state index in [9.17, 15) is 0 Å². The Morgan fingerprint density at radius 1 is 1.25 bits per heavy atom. The maximum absolute atomic E-state index is 6.07. The largest absolute Gasteiger partial charge is 0.367 e. The number of hydrogen-bond donors (Lipinski definition) is 1. The second-order valence-corrected chi connectivity index (χ2v) is 5.85. The fourth-order valence-corrected chi connectivity index (χ4v) is 3.38. The molecule has 1 saturated carbocycles. The fourth-order valence-electron chi connectivity index (χ4n) is 3.21. The lowest BCUT2D eigenvalue weighted by Crippen LogP contribution is -2.37. The number of aromatic nitrogens is 1. The molecule has 2 N–H and O–H groups in total. The molecule has 0 radical (unpaired) electrons. The fraction of sp³-hybridized carbons (Fsp3) is 0.438. The topological polar surface area (TPSA) is 42.1 Å². The molecule has 0 bridgehead atoms. The predicted molar refractivity (Wildman–Crippen MR) is 85.4 cm³/mol. The van der Waals surface area contributed by atoms with Gasteiger partial charge in [-0.05, 0) is 37.1 Å². The van der Waals surface area contributed by atoms with E-state index in [1.807, 2.05) is 18.3 Å². The summed E-state index contributed by atoms with van der Waals surface area (Å²) < 4.78 is 0. The van der Waals surface area contributed by atoms with Gasteiger partial charge in [-0.25, -0.2) is 0 Å². The minimum atomic E-state index is 0.611. The van der Waals surface area contributed by atoms with Crippen LogP contribution in [0.1, 0.15) is 25.7 Å². The third kappa shape index (κ3) is 2.60. The zero-order chi connectivity index (χ0) is 13.9. The molecule has 0 atom stereocenters. The van der Waals surface area contributed by atoms with Crippen LogP contribution in [0, 0.1) is 0 Å². The number of hydrogen-bond acceptors (Lipinski definition) is 3. The summed E-state index contributed by atoms with van der Waals surface area (Å²) in [4.78, 5) is 6.89. The zero-order valence-electron chi connectivity index (χ0n) is 11.6. The van der Waals surface area contributed by atoms with Crippen LogP contribution in [0.4, 0.5) is 5.69 Å². The molecule has 1 aliphatic rings. The molecular formula is C16H20ClN3. The highest BCUT2D eigenvalue weighted by Crippen LogP contribution is 2.33. The van der Waals surface area contributed by atoms with Gasteiger partial charge < -0.3 is 10.6 Å². The van der Waals surface area contributed by atoms with Crippen molar-refractivity contribution in [1.82, 2.24) is 4.98 Å². The summed E-state index contributed by atoms with van der Waals surface area (Å²) in [5, 5.41) is 1.89. The van der Waals surface area contributed by atoms with Gasteiger partial charge in [0.2, 0.25) is 0 Å². The molecule has 1 aliphatic carbocycles. The normalized spacial score (nSPS) is 15.9. The van der Waals surface area contributed by atoms with E-state index in [-0.39, 0.29) is 0 Å². The Bertz CT molecular complexity index is 593. The molecule has 106 valence electrons. The van der Waals surface area contributed by atoms with Gasteiger partial charge in [-0.15, -0.1) is 0 Å². The van der Waals surface area contributed by atoms with E-state index in [1.165, 1.54) is 31.4 Å². The Morgan fingerprint density at radius 3 is 2.80 bits per heavy atom. The molecule has 20 heavy (non-hydrogen) atoms. The number of nitrogens with zero attached hydrogens (tertiary/aromatic N) is 2. The molecule has 0 unspecified atom stereocenters. The molecule has 1 heterocycles. The molecule has 3 rings (SSSR count). The first-order valence-electron chi connectivity index (χ1n) is 7.30. The van der Waals surface area contributed by atoms with Crippen LogP contribution in [0.15, 0.2) is 30.5 Å². The van der Waals surface area contributed by atoms with Crippen LogP contribution in [0.2, 0.25) is 5.02 Å².